The third-order valence-corrected chi connectivity index (χ3v) is 2.64. The Labute approximate surface area is 111 Å². The first-order valence-corrected chi connectivity index (χ1v) is 6.02. The van der Waals surface area contributed by atoms with E-state index < -0.39 is 0 Å². The minimum absolute atomic E-state index is 0.176. The Hall–Kier alpha value is -1.68. The number of nitrogens with zero attached hydrogens (tertiary/aromatic N) is 3. The monoisotopic (exact) mass is 262 g/mol. The van der Waals surface area contributed by atoms with Crippen molar-refractivity contribution in [3.63, 3.8) is 0 Å². The Kier molecular flexibility index (Phi) is 3.22. The van der Waals surface area contributed by atoms with E-state index in [2.05, 4.69) is 15.0 Å². The fraction of sp³-hybridized carbons (Fsp3) is 0.308. The van der Waals surface area contributed by atoms with Gasteiger partial charge in [0.25, 0.3) is 0 Å². The predicted octanol–water partition coefficient (Wildman–Crippen LogP) is 3.07. The van der Waals surface area contributed by atoms with Crippen LogP contribution in [0.3, 0.4) is 0 Å². The zero-order chi connectivity index (χ0) is 13.3. The molecule has 4 nitrogen and oxygen atoms in total. The summed E-state index contributed by atoms with van der Waals surface area (Å²) in [7, 11) is 0. The maximum Gasteiger partial charge on any atom is 0.223 e. The molecule has 0 aliphatic rings. The maximum absolute atomic E-state index is 5.96. The molecule has 2 aromatic rings. The lowest BCUT2D eigenvalue weighted by Crippen LogP contribution is -2.18. The molecular weight excluding hydrogens is 248 g/mol. The highest BCUT2D eigenvalue weighted by atomic mass is 35.5. The van der Waals surface area contributed by atoms with Crippen LogP contribution in [0.4, 0.5) is 5.95 Å². The number of nitrogen functional groups attached to an aromatic ring is 1. The molecule has 0 atom stereocenters. The van der Waals surface area contributed by atoms with Gasteiger partial charge in [-0.1, -0.05) is 44.5 Å². The van der Waals surface area contributed by atoms with Gasteiger partial charge in [0.2, 0.25) is 5.95 Å². The zero-order valence-electron chi connectivity index (χ0n) is 10.6. The van der Waals surface area contributed by atoms with Crippen LogP contribution in [0.1, 0.15) is 26.6 Å². The summed E-state index contributed by atoms with van der Waals surface area (Å²) >= 11 is 5.96. The van der Waals surface area contributed by atoms with E-state index in [0.717, 1.165) is 5.56 Å². The van der Waals surface area contributed by atoms with E-state index in [9.17, 15) is 0 Å². The van der Waals surface area contributed by atoms with Gasteiger partial charge in [-0.25, -0.2) is 4.98 Å². The molecule has 1 aromatic heterocycles. The molecule has 0 spiro atoms. The highest BCUT2D eigenvalue weighted by molar-refractivity contribution is 6.30. The van der Waals surface area contributed by atoms with Gasteiger partial charge in [-0.05, 0) is 12.1 Å². The van der Waals surface area contributed by atoms with Crippen LogP contribution in [0.15, 0.2) is 24.3 Å². The molecule has 0 aliphatic heterocycles. The highest BCUT2D eigenvalue weighted by Crippen LogP contribution is 2.23. The van der Waals surface area contributed by atoms with Crippen LogP contribution >= 0.6 is 11.6 Å². The second kappa shape index (κ2) is 4.53. The zero-order valence-corrected chi connectivity index (χ0v) is 11.4. The van der Waals surface area contributed by atoms with Crippen LogP contribution in [0, 0.1) is 0 Å². The average molecular weight is 263 g/mol. The lowest BCUT2D eigenvalue weighted by molar-refractivity contribution is 0.544. The van der Waals surface area contributed by atoms with Gasteiger partial charge in [-0.2, -0.15) is 9.97 Å². The minimum atomic E-state index is -0.176. The lowest BCUT2D eigenvalue weighted by atomic mass is 9.96. The molecule has 1 heterocycles. The van der Waals surface area contributed by atoms with E-state index in [1.807, 2.05) is 39.0 Å². The van der Waals surface area contributed by atoms with Crippen molar-refractivity contribution in [1.29, 1.82) is 0 Å². The van der Waals surface area contributed by atoms with Crippen LogP contribution in [0.2, 0.25) is 5.02 Å². The smallest absolute Gasteiger partial charge is 0.223 e. The Balaban J connectivity index is 2.55. The fourth-order valence-electron chi connectivity index (χ4n) is 1.48. The van der Waals surface area contributed by atoms with Crippen LogP contribution in [0.5, 0.6) is 0 Å². The standard InChI is InChI=1S/C13H15ClN4/c1-13(2,3)11-16-10(17-12(15)18-11)8-5-4-6-9(14)7-8/h4-7H,1-3H3,(H2,15,16,17,18). The van der Waals surface area contributed by atoms with E-state index in [-0.39, 0.29) is 11.4 Å². The van der Waals surface area contributed by atoms with Crippen molar-refractivity contribution >= 4 is 17.5 Å². The van der Waals surface area contributed by atoms with Crippen molar-refractivity contribution in [1.82, 2.24) is 15.0 Å². The molecular formula is C13H15ClN4. The number of rotatable bonds is 1. The number of nitrogens with two attached hydrogens (primary N) is 1. The summed E-state index contributed by atoms with van der Waals surface area (Å²) in [6.45, 7) is 6.09. The van der Waals surface area contributed by atoms with Gasteiger partial charge in [0.15, 0.2) is 5.82 Å². The molecule has 18 heavy (non-hydrogen) atoms. The second-order valence-corrected chi connectivity index (χ2v) is 5.54. The Morgan fingerprint density at radius 3 is 2.44 bits per heavy atom. The molecule has 0 fully saturated rings. The van der Waals surface area contributed by atoms with Gasteiger partial charge in [0.05, 0.1) is 0 Å². The molecule has 0 unspecified atom stereocenters. The summed E-state index contributed by atoms with van der Waals surface area (Å²) < 4.78 is 0. The van der Waals surface area contributed by atoms with Crippen LogP contribution in [-0.2, 0) is 5.41 Å². The second-order valence-electron chi connectivity index (χ2n) is 5.10. The van der Waals surface area contributed by atoms with Crippen molar-refractivity contribution in [2.24, 2.45) is 0 Å². The van der Waals surface area contributed by atoms with Crippen molar-refractivity contribution in [2.45, 2.75) is 26.2 Å². The summed E-state index contributed by atoms with van der Waals surface area (Å²) in [5, 5.41) is 0.642. The number of anilines is 1. The molecule has 0 saturated heterocycles. The summed E-state index contributed by atoms with van der Waals surface area (Å²) in [5.74, 6) is 1.45. The molecule has 2 rings (SSSR count). The average Bonchev–Trinajstić information content (AvgIpc) is 2.27. The largest absolute Gasteiger partial charge is 0.368 e. The summed E-state index contributed by atoms with van der Waals surface area (Å²) in [6, 6.07) is 7.37. The third kappa shape index (κ3) is 2.76. The molecule has 0 radical (unpaired) electrons. The van der Waals surface area contributed by atoms with Crippen molar-refractivity contribution < 1.29 is 0 Å². The van der Waals surface area contributed by atoms with Crippen LogP contribution < -0.4 is 5.73 Å². The first kappa shape index (κ1) is 12.8. The van der Waals surface area contributed by atoms with E-state index in [0.29, 0.717) is 16.7 Å². The SMILES string of the molecule is CC(C)(C)c1nc(N)nc(-c2cccc(Cl)c2)n1. The van der Waals surface area contributed by atoms with Crippen LogP contribution in [-0.4, -0.2) is 15.0 Å². The van der Waals surface area contributed by atoms with E-state index in [4.69, 9.17) is 17.3 Å². The Morgan fingerprint density at radius 1 is 1.11 bits per heavy atom. The summed E-state index contributed by atoms with van der Waals surface area (Å²) in [5.41, 5.74) is 6.40. The van der Waals surface area contributed by atoms with Gasteiger partial charge in [-0.3, -0.25) is 0 Å². The molecule has 0 saturated carbocycles. The third-order valence-electron chi connectivity index (χ3n) is 2.41. The first-order valence-electron chi connectivity index (χ1n) is 5.64. The molecule has 0 bridgehead atoms. The normalized spacial score (nSPS) is 11.6. The van der Waals surface area contributed by atoms with Crippen molar-refractivity contribution in [2.75, 3.05) is 5.73 Å². The number of hydrogen-bond donors (Lipinski definition) is 1. The van der Waals surface area contributed by atoms with Gasteiger partial charge >= 0.3 is 0 Å². The number of aromatic nitrogens is 3. The minimum Gasteiger partial charge on any atom is -0.368 e. The molecule has 1 aromatic carbocycles. The Bertz CT molecular complexity index is 575. The molecule has 0 amide bonds. The van der Waals surface area contributed by atoms with Gasteiger partial charge in [0.1, 0.15) is 5.82 Å². The Morgan fingerprint density at radius 2 is 1.83 bits per heavy atom. The first-order chi connectivity index (χ1) is 8.36. The van der Waals surface area contributed by atoms with E-state index in [1.165, 1.54) is 0 Å². The number of halogens is 1. The number of benzene rings is 1. The van der Waals surface area contributed by atoms with Crippen LogP contribution in [0.25, 0.3) is 11.4 Å². The highest BCUT2D eigenvalue weighted by Gasteiger charge is 2.19. The molecule has 94 valence electrons. The summed E-state index contributed by atoms with van der Waals surface area (Å²) in [6.07, 6.45) is 0. The van der Waals surface area contributed by atoms with Crippen molar-refractivity contribution in [3.05, 3.63) is 35.1 Å². The fourth-order valence-corrected chi connectivity index (χ4v) is 1.67. The molecule has 2 N–H and O–H groups in total. The van der Waals surface area contributed by atoms with Crippen molar-refractivity contribution in [3.8, 4) is 11.4 Å². The molecule has 0 aliphatic carbocycles. The van der Waals surface area contributed by atoms with E-state index >= 15 is 0 Å². The van der Waals surface area contributed by atoms with Gasteiger partial charge < -0.3 is 5.73 Å². The van der Waals surface area contributed by atoms with Gasteiger partial charge in [-0.15, -0.1) is 0 Å². The summed E-state index contributed by atoms with van der Waals surface area (Å²) in [4.78, 5) is 12.8. The predicted molar refractivity (Wildman–Crippen MR) is 73.4 cm³/mol. The quantitative estimate of drug-likeness (QED) is 0.858. The molecule has 5 heteroatoms. The van der Waals surface area contributed by atoms with E-state index in [1.54, 1.807) is 6.07 Å². The number of hydrogen-bond acceptors (Lipinski definition) is 4. The topological polar surface area (TPSA) is 64.7 Å². The maximum atomic E-state index is 5.96. The lowest BCUT2D eigenvalue weighted by Gasteiger charge is -2.17. The van der Waals surface area contributed by atoms with Gasteiger partial charge in [0, 0.05) is 16.0 Å².